The van der Waals surface area contributed by atoms with E-state index in [9.17, 15) is 4.79 Å². The maximum Gasteiger partial charge on any atom is 0.337 e. The topological polar surface area (TPSA) is 35.5 Å². The fraction of sp³-hybridized carbons (Fsp3) is 0.235. The number of aryl methyl sites for hydroxylation is 2. The molecule has 0 fully saturated rings. The third kappa shape index (κ3) is 3.73. The van der Waals surface area contributed by atoms with Crippen molar-refractivity contribution in [3.63, 3.8) is 0 Å². The number of benzene rings is 2. The summed E-state index contributed by atoms with van der Waals surface area (Å²) in [6.45, 7) is 4.26. The van der Waals surface area contributed by atoms with E-state index in [2.05, 4.69) is 0 Å². The summed E-state index contributed by atoms with van der Waals surface area (Å²) in [6.07, 6.45) is 0. The second-order valence-electron chi connectivity index (χ2n) is 4.94. The molecule has 3 nitrogen and oxygen atoms in total. The van der Waals surface area contributed by atoms with Gasteiger partial charge in [-0.15, -0.1) is 0 Å². The van der Waals surface area contributed by atoms with Gasteiger partial charge in [0, 0.05) is 6.07 Å². The van der Waals surface area contributed by atoms with Crippen LogP contribution in [0.25, 0.3) is 0 Å². The summed E-state index contributed by atoms with van der Waals surface area (Å²) in [4.78, 5) is 11.6. The molecule has 116 valence electrons. The largest absolute Gasteiger partial charge is 0.489 e. The Kier molecular flexibility index (Phi) is 5.33. The predicted molar refractivity (Wildman–Crippen MR) is 88.0 cm³/mol. The number of hydrogen-bond donors (Lipinski definition) is 0. The van der Waals surface area contributed by atoms with Crippen LogP contribution >= 0.6 is 23.2 Å². The lowest BCUT2D eigenvalue weighted by Crippen LogP contribution is -2.06. The van der Waals surface area contributed by atoms with Gasteiger partial charge in [0.2, 0.25) is 0 Å². The van der Waals surface area contributed by atoms with Crippen LogP contribution in [0.1, 0.15) is 27.0 Å². The Morgan fingerprint density at radius 3 is 2.23 bits per heavy atom. The van der Waals surface area contributed by atoms with Crippen molar-refractivity contribution in [2.45, 2.75) is 20.5 Å². The van der Waals surface area contributed by atoms with Gasteiger partial charge in [-0.1, -0.05) is 23.2 Å². The van der Waals surface area contributed by atoms with Gasteiger partial charge in [0.15, 0.2) is 0 Å². The number of methoxy groups -OCH3 is 1. The molecule has 0 radical (unpaired) electrons. The maximum absolute atomic E-state index is 11.6. The van der Waals surface area contributed by atoms with Gasteiger partial charge in [-0.25, -0.2) is 4.79 Å². The molecule has 2 rings (SSSR count). The van der Waals surface area contributed by atoms with E-state index in [1.165, 1.54) is 7.11 Å². The summed E-state index contributed by atoms with van der Waals surface area (Å²) >= 11 is 11.8. The predicted octanol–water partition coefficient (Wildman–Crippen LogP) is 4.98. The lowest BCUT2D eigenvalue weighted by Gasteiger charge is -2.13. The van der Waals surface area contributed by atoms with Gasteiger partial charge in [0.1, 0.15) is 12.4 Å². The Morgan fingerprint density at radius 1 is 1.05 bits per heavy atom. The average molecular weight is 339 g/mol. The highest BCUT2D eigenvalue weighted by Crippen LogP contribution is 2.27. The van der Waals surface area contributed by atoms with Crippen molar-refractivity contribution in [1.82, 2.24) is 0 Å². The number of esters is 1. The minimum atomic E-state index is -0.344. The molecule has 0 N–H and O–H groups in total. The summed E-state index contributed by atoms with van der Waals surface area (Å²) in [5, 5.41) is 0.942. The Labute approximate surface area is 139 Å². The molecule has 5 heteroatoms. The van der Waals surface area contributed by atoms with Crippen LogP contribution in [0.3, 0.4) is 0 Å². The number of hydrogen-bond acceptors (Lipinski definition) is 3. The minimum Gasteiger partial charge on any atom is -0.489 e. The number of carbonyl (C=O) groups excluding carboxylic acids is 1. The van der Waals surface area contributed by atoms with E-state index in [1.54, 1.807) is 30.3 Å². The van der Waals surface area contributed by atoms with Crippen LogP contribution in [0.4, 0.5) is 0 Å². The monoisotopic (exact) mass is 338 g/mol. The molecule has 0 saturated heterocycles. The van der Waals surface area contributed by atoms with Crippen LogP contribution in [0, 0.1) is 13.8 Å². The number of rotatable bonds is 4. The lowest BCUT2D eigenvalue weighted by molar-refractivity contribution is 0.0600. The normalized spacial score (nSPS) is 10.4. The van der Waals surface area contributed by atoms with E-state index in [0.29, 0.717) is 28.0 Å². The summed E-state index contributed by atoms with van der Waals surface area (Å²) < 4.78 is 10.5. The Hall–Kier alpha value is -1.71. The zero-order valence-electron chi connectivity index (χ0n) is 12.6. The van der Waals surface area contributed by atoms with Crippen LogP contribution in [0.15, 0.2) is 30.3 Å². The van der Waals surface area contributed by atoms with Crippen LogP contribution in [0.5, 0.6) is 5.75 Å². The Morgan fingerprint density at radius 2 is 1.68 bits per heavy atom. The molecular formula is C17H16Cl2O3. The molecule has 22 heavy (non-hydrogen) atoms. The molecule has 0 atom stereocenters. The van der Waals surface area contributed by atoms with Crippen molar-refractivity contribution in [2.24, 2.45) is 0 Å². The van der Waals surface area contributed by atoms with Gasteiger partial charge in [-0.2, -0.15) is 0 Å². The molecule has 0 amide bonds. The van der Waals surface area contributed by atoms with Crippen molar-refractivity contribution in [3.05, 3.63) is 62.6 Å². The van der Waals surface area contributed by atoms with Crippen molar-refractivity contribution < 1.29 is 14.3 Å². The zero-order valence-corrected chi connectivity index (χ0v) is 14.1. The number of ether oxygens (including phenoxy) is 2. The highest BCUT2D eigenvalue weighted by molar-refractivity contribution is 6.42. The molecule has 0 saturated carbocycles. The standard InChI is InChI=1S/C17H16Cl2O3/c1-10-6-12(17(20)21-3)7-11(2)14(10)9-22-13-4-5-15(18)16(19)8-13/h4-8H,9H2,1-3H3. The molecule has 0 aliphatic heterocycles. The fourth-order valence-electron chi connectivity index (χ4n) is 2.18. The van der Waals surface area contributed by atoms with Crippen LogP contribution in [0.2, 0.25) is 10.0 Å². The first-order chi connectivity index (χ1) is 10.4. The molecule has 0 unspecified atom stereocenters. The number of carbonyl (C=O) groups is 1. The molecule has 2 aromatic carbocycles. The minimum absolute atomic E-state index is 0.344. The summed E-state index contributed by atoms with van der Waals surface area (Å²) in [5.41, 5.74) is 3.51. The van der Waals surface area contributed by atoms with E-state index in [0.717, 1.165) is 16.7 Å². The van der Waals surface area contributed by atoms with E-state index in [4.69, 9.17) is 32.7 Å². The molecule has 0 heterocycles. The third-order valence-electron chi connectivity index (χ3n) is 3.39. The molecule has 0 bridgehead atoms. The first kappa shape index (κ1) is 16.7. The van der Waals surface area contributed by atoms with Gasteiger partial charge >= 0.3 is 5.97 Å². The highest BCUT2D eigenvalue weighted by atomic mass is 35.5. The van der Waals surface area contributed by atoms with Crippen LogP contribution in [-0.2, 0) is 11.3 Å². The summed E-state index contributed by atoms with van der Waals surface area (Å²) in [5.74, 6) is 0.299. The van der Waals surface area contributed by atoms with Gasteiger partial charge in [-0.05, 0) is 54.8 Å². The third-order valence-corrected chi connectivity index (χ3v) is 4.13. The van der Waals surface area contributed by atoms with Crippen LogP contribution in [-0.4, -0.2) is 13.1 Å². The molecule has 0 aromatic heterocycles. The molecular weight excluding hydrogens is 323 g/mol. The highest BCUT2D eigenvalue weighted by Gasteiger charge is 2.11. The van der Waals surface area contributed by atoms with Gasteiger partial charge in [0.05, 0.1) is 22.7 Å². The second kappa shape index (κ2) is 7.03. The van der Waals surface area contributed by atoms with E-state index in [-0.39, 0.29) is 5.97 Å². The Balaban J connectivity index is 2.19. The molecule has 0 aliphatic carbocycles. The first-order valence-corrected chi connectivity index (χ1v) is 7.44. The van der Waals surface area contributed by atoms with Gasteiger partial charge < -0.3 is 9.47 Å². The lowest BCUT2D eigenvalue weighted by atomic mass is 10.00. The average Bonchev–Trinajstić information content (AvgIpc) is 2.48. The van der Waals surface area contributed by atoms with Gasteiger partial charge in [-0.3, -0.25) is 0 Å². The van der Waals surface area contributed by atoms with Crippen molar-refractivity contribution in [2.75, 3.05) is 7.11 Å². The molecule has 2 aromatic rings. The van der Waals surface area contributed by atoms with Crippen molar-refractivity contribution >= 4 is 29.2 Å². The van der Waals surface area contributed by atoms with E-state index < -0.39 is 0 Å². The maximum atomic E-state index is 11.6. The van der Waals surface area contributed by atoms with Crippen molar-refractivity contribution in [1.29, 1.82) is 0 Å². The summed E-state index contributed by atoms with van der Waals surface area (Å²) in [7, 11) is 1.37. The SMILES string of the molecule is COC(=O)c1cc(C)c(COc2ccc(Cl)c(Cl)c2)c(C)c1. The molecule has 0 aliphatic rings. The van der Waals surface area contributed by atoms with Crippen molar-refractivity contribution in [3.8, 4) is 5.75 Å². The first-order valence-electron chi connectivity index (χ1n) is 6.68. The smallest absolute Gasteiger partial charge is 0.337 e. The van der Waals surface area contributed by atoms with Crippen LogP contribution < -0.4 is 4.74 Å². The number of halogens is 2. The molecule has 0 spiro atoms. The Bertz CT molecular complexity index is 688. The van der Waals surface area contributed by atoms with E-state index >= 15 is 0 Å². The summed E-state index contributed by atoms with van der Waals surface area (Å²) in [6, 6.07) is 8.73. The van der Waals surface area contributed by atoms with E-state index in [1.807, 2.05) is 13.8 Å². The quantitative estimate of drug-likeness (QED) is 0.737. The fourth-order valence-corrected chi connectivity index (χ4v) is 2.47. The van der Waals surface area contributed by atoms with Gasteiger partial charge in [0.25, 0.3) is 0 Å². The second-order valence-corrected chi connectivity index (χ2v) is 5.76. The zero-order chi connectivity index (χ0) is 16.3.